The molecule has 1 rings (SSSR count). The van der Waals surface area contributed by atoms with Crippen LogP contribution < -0.4 is 0 Å². The van der Waals surface area contributed by atoms with Crippen LogP contribution in [0.15, 0.2) is 17.4 Å². The van der Waals surface area contributed by atoms with Crippen LogP contribution in [0.3, 0.4) is 0 Å². The van der Waals surface area contributed by atoms with E-state index in [9.17, 15) is 0 Å². The smallest absolute Gasteiger partial charge is 0.222 e. The number of halogens is 1. The molecule has 0 aromatic carbocycles. The number of hydrogen-bond acceptors (Lipinski definition) is 4. The van der Waals surface area contributed by atoms with Gasteiger partial charge in [-0.2, -0.15) is 4.99 Å². The summed E-state index contributed by atoms with van der Waals surface area (Å²) in [6.45, 7) is 0. The monoisotopic (exact) mass is 171 g/mol. The van der Waals surface area contributed by atoms with Crippen LogP contribution in [-0.2, 0) is 0 Å². The summed E-state index contributed by atoms with van der Waals surface area (Å²) in [5.74, 6) is 0. The molecule has 0 aliphatic heterocycles. The third-order valence-electron chi connectivity index (χ3n) is 0.781. The van der Waals surface area contributed by atoms with Crippen LogP contribution in [-0.4, -0.2) is 15.1 Å². The van der Waals surface area contributed by atoms with E-state index in [1.165, 1.54) is 12.4 Å². The summed E-state index contributed by atoms with van der Waals surface area (Å²) in [5.41, 5.74) is 0.555. The first-order valence-electron chi connectivity index (χ1n) is 2.38. The minimum atomic E-state index is 0.198. The Morgan fingerprint density at radius 2 is 2.10 bits per heavy atom. The number of isothiocyanates is 1. The maximum Gasteiger partial charge on any atom is 0.222 e. The molecule has 0 saturated heterocycles. The molecule has 0 saturated carbocycles. The van der Waals surface area contributed by atoms with Crippen LogP contribution in [0.4, 0.5) is 5.69 Å². The molecular weight excluding hydrogens is 170 g/mol. The summed E-state index contributed by atoms with van der Waals surface area (Å²) in [5, 5.41) is 2.39. The number of rotatable bonds is 1. The third-order valence-corrected chi connectivity index (χ3v) is 1.07. The van der Waals surface area contributed by atoms with Gasteiger partial charge in [-0.15, -0.1) is 0 Å². The van der Waals surface area contributed by atoms with Gasteiger partial charge in [0.2, 0.25) is 5.28 Å². The average molecular weight is 172 g/mol. The van der Waals surface area contributed by atoms with Crippen molar-refractivity contribution in [1.29, 1.82) is 0 Å². The van der Waals surface area contributed by atoms with Crippen LogP contribution in [0.2, 0.25) is 5.28 Å². The molecule has 1 heterocycles. The van der Waals surface area contributed by atoms with E-state index < -0.39 is 0 Å². The fourth-order valence-electron chi connectivity index (χ4n) is 0.416. The molecule has 0 unspecified atom stereocenters. The van der Waals surface area contributed by atoms with Crippen molar-refractivity contribution in [3.63, 3.8) is 0 Å². The van der Waals surface area contributed by atoms with Crippen molar-refractivity contribution in [2.75, 3.05) is 0 Å². The van der Waals surface area contributed by atoms with Gasteiger partial charge in [-0.25, -0.2) is 9.97 Å². The standard InChI is InChI=1S/C5H2ClN3S/c6-5-7-1-4(2-8-5)9-3-10/h1-2H. The summed E-state index contributed by atoms with van der Waals surface area (Å²) in [4.78, 5) is 11.0. The summed E-state index contributed by atoms with van der Waals surface area (Å²) in [7, 11) is 0. The Kier molecular flexibility index (Phi) is 2.45. The molecule has 1 aromatic rings. The minimum Gasteiger partial charge on any atom is -0.224 e. The van der Waals surface area contributed by atoms with Crippen molar-refractivity contribution in [1.82, 2.24) is 9.97 Å². The average Bonchev–Trinajstić information content (AvgIpc) is 1.95. The minimum absolute atomic E-state index is 0.198. The first-order chi connectivity index (χ1) is 4.83. The van der Waals surface area contributed by atoms with Gasteiger partial charge in [-0.1, -0.05) is 0 Å². The van der Waals surface area contributed by atoms with Crippen LogP contribution in [0.1, 0.15) is 0 Å². The molecule has 0 fully saturated rings. The predicted molar refractivity (Wildman–Crippen MR) is 41.7 cm³/mol. The zero-order valence-corrected chi connectivity index (χ0v) is 6.35. The first kappa shape index (κ1) is 7.28. The normalized spacial score (nSPS) is 8.50. The Bertz CT molecular complexity index is 265. The van der Waals surface area contributed by atoms with E-state index in [0.29, 0.717) is 5.69 Å². The lowest BCUT2D eigenvalue weighted by Gasteiger charge is -1.87. The molecule has 0 bridgehead atoms. The van der Waals surface area contributed by atoms with Crippen molar-refractivity contribution in [2.45, 2.75) is 0 Å². The van der Waals surface area contributed by atoms with E-state index in [1.54, 1.807) is 0 Å². The molecule has 5 heteroatoms. The van der Waals surface area contributed by atoms with Gasteiger partial charge in [0, 0.05) is 0 Å². The molecule has 1 aromatic heterocycles. The molecule has 0 spiro atoms. The highest BCUT2D eigenvalue weighted by molar-refractivity contribution is 7.78. The molecule has 0 amide bonds. The van der Waals surface area contributed by atoms with E-state index in [2.05, 4.69) is 32.3 Å². The predicted octanol–water partition coefficient (Wildman–Crippen LogP) is 1.86. The number of thiocarbonyl (C=S) groups is 1. The van der Waals surface area contributed by atoms with Crippen LogP contribution in [0.5, 0.6) is 0 Å². The Morgan fingerprint density at radius 1 is 1.50 bits per heavy atom. The zero-order valence-electron chi connectivity index (χ0n) is 4.78. The molecule has 3 nitrogen and oxygen atoms in total. The number of aliphatic imine (C=N–C) groups is 1. The maximum absolute atomic E-state index is 5.40. The number of hydrogen-bond donors (Lipinski definition) is 0. The quantitative estimate of drug-likeness (QED) is 0.368. The maximum atomic E-state index is 5.40. The summed E-state index contributed by atoms with van der Waals surface area (Å²) >= 11 is 9.76. The van der Waals surface area contributed by atoms with Gasteiger partial charge < -0.3 is 0 Å². The Labute approximate surface area is 67.8 Å². The fourth-order valence-corrected chi connectivity index (χ4v) is 0.619. The molecule has 0 aliphatic rings. The SMILES string of the molecule is S=C=Nc1cnc(Cl)nc1. The van der Waals surface area contributed by atoms with Gasteiger partial charge in [0.25, 0.3) is 0 Å². The Hall–Kier alpha value is -0.830. The van der Waals surface area contributed by atoms with E-state index >= 15 is 0 Å². The van der Waals surface area contributed by atoms with E-state index in [-0.39, 0.29) is 5.28 Å². The van der Waals surface area contributed by atoms with Gasteiger partial charge in [-0.05, 0) is 23.8 Å². The van der Waals surface area contributed by atoms with Gasteiger partial charge in [0.15, 0.2) is 0 Å². The molecule has 0 aliphatic carbocycles. The first-order valence-corrected chi connectivity index (χ1v) is 3.17. The molecule has 10 heavy (non-hydrogen) atoms. The Balaban J connectivity index is 3.00. The van der Waals surface area contributed by atoms with Crippen LogP contribution in [0.25, 0.3) is 0 Å². The molecule has 0 radical (unpaired) electrons. The summed E-state index contributed by atoms with van der Waals surface area (Å²) < 4.78 is 0. The highest BCUT2D eigenvalue weighted by atomic mass is 35.5. The van der Waals surface area contributed by atoms with Gasteiger partial charge in [0.05, 0.1) is 17.6 Å². The van der Waals surface area contributed by atoms with Crippen molar-refractivity contribution >= 4 is 34.7 Å². The second-order valence-electron chi connectivity index (χ2n) is 1.41. The molecule has 0 atom stereocenters. The van der Waals surface area contributed by atoms with Gasteiger partial charge in [0.1, 0.15) is 5.69 Å². The highest BCUT2D eigenvalue weighted by Gasteiger charge is 1.89. The second-order valence-corrected chi connectivity index (χ2v) is 1.93. The van der Waals surface area contributed by atoms with Crippen molar-refractivity contribution in [3.05, 3.63) is 17.7 Å². The number of aromatic nitrogens is 2. The second kappa shape index (κ2) is 3.37. The van der Waals surface area contributed by atoms with Crippen molar-refractivity contribution in [2.24, 2.45) is 4.99 Å². The highest BCUT2D eigenvalue weighted by Crippen LogP contribution is 2.07. The van der Waals surface area contributed by atoms with E-state index in [4.69, 9.17) is 11.6 Å². The molecule has 0 N–H and O–H groups in total. The summed E-state index contributed by atoms with van der Waals surface area (Å²) in [6, 6.07) is 0. The number of nitrogens with zero attached hydrogens (tertiary/aromatic N) is 3. The molecule has 50 valence electrons. The lowest BCUT2D eigenvalue weighted by molar-refractivity contribution is 1.16. The van der Waals surface area contributed by atoms with Crippen LogP contribution in [0, 0.1) is 0 Å². The molecular formula is C5H2ClN3S. The van der Waals surface area contributed by atoms with Crippen LogP contribution >= 0.6 is 23.8 Å². The zero-order chi connectivity index (χ0) is 7.40. The topological polar surface area (TPSA) is 38.1 Å². The fraction of sp³-hybridized carbons (Fsp3) is 0. The van der Waals surface area contributed by atoms with E-state index in [0.717, 1.165) is 0 Å². The lowest BCUT2D eigenvalue weighted by Crippen LogP contribution is -1.77. The summed E-state index contributed by atoms with van der Waals surface area (Å²) in [6.07, 6.45) is 2.93. The third kappa shape index (κ3) is 1.84. The largest absolute Gasteiger partial charge is 0.224 e. The lowest BCUT2D eigenvalue weighted by atomic mass is 10.6. The van der Waals surface area contributed by atoms with Gasteiger partial charge >= 0.3 is 0 Å². The van der Waals surface area contributed by atoms with Crippen molar-refractivity contribution in [3.8, 4) is 0 Å². The van der Waals surface area contributed by atoms with E-state index in [1.807, 2.05) is 0 Å². The van der Waals surface area contributed by atoms with Gasteiger partial charge in [-0.3, -0.25) is 0 Å². The van der Waals surface area contributed by atoms with Crippen molar-refractivity contribution < 1.29 is 0 Å². The Morgan fingerprint density at radius 3 is 2.60 bits per heavy atom.